The van der Waals surface area contributed by atoms with Gasteiger partial charge in [0.05, 0.1) is 0 Å². The van der Waals surface area contributed by atoms with Gasteiger partial charge in [-0.1, -0.05) is 0 Å². The molecule has 0 saturated carbocycles. The van der Waals surface area contributed by atoms with Crippen LogP contribution in [0.3, 0.4) is 0 Å². The fraction of sp³-hybridized carbons (Fsp3) is 0.846. The predicted octanol–water partition coefficient (Wildman–Crippen LogP) is 3.02. The van der Waals surface area contributed by atoms with Crippen molar-refractivity contribution in [3.05, 3.63) is 0 Å². The first kappa shape index (κ1) is 15.3. The Labute approximate surface area is 114 Å². The minimum absolute atomic E-state index is 0.225. The zero-order valence-corrected chi connectivity index (χ0v) is 12.6. The Morgan fingerprint density at radius 1 is 1.39 bits per heavy atom. The molecule has 1 aliphatic heterocycles. The zero-order chi connectivity index (χ0) is 13.8. The largest absolute Gasteiger partial charge is 0.444 e. The SMILES string of the molecule is CSCC(=N)C1CCN(C(=O)OC(C)(C)C)CC1. The number of hydrogen-bond donors (Lipinski definition) is 1. The lowest BCUT2D eigenvalue weighted by Crippen LogP contribution is -2.43. The van der Waals surface area contributed by atoms with Crippen LogP contribution < -0.4 is 0 Å². The highest BCUT2D eigenvalue weighted by Gasteiger charge is 2.28. The Bertz CT molecular complexity index is 305. The molecule has 1 amide bonds. The number of thioether (sulfide) groups is 1. The van der Waals surface area contributed by atoms with E-state index in [0.717, 1.165) is 24.3 Å². The summed E-state index contributed by atoms with van der Waals surface area (Å²) in [6.45, 7) is 7.05. The first-order chi connectivity index (χ1) is 8.33. The van der Waals surface area contributed by atoms with E-state index in [9.17, 15) is 4.79 Å². The third-order valence-electron chi connectivity index (χ3n) is 2.94. The number of piperidine rings is 1. The number of nitrogens with one attached hydrogen (secondary N) is 1. The summed E-state index contributed by atoms with van der Waals surface area (Å²) in [5, 5.41) is 7.94. The minimum Gasteiger partial charge on any atom is -0.444 e. The van der Waals surface area contributed by atoms with Gasteiger partial charge in [-0.25, -0.2) is 4.79 Å². The Hall–Kier alpha value is -0.710. The van der Waals surface area contributed by atoms with E-state index >= 15 is 0 Å². The van der Waals surface area contributed by atoms with E-state index in [-0.39, 0.29) is 6.09 Å². The molecular formula is C13H24N2O2S. The second-order valence-electron chi connectivity index (χ2n) is 5.70. The van der Waals surface area contributed by atoms with Crippen molar-refractivity contribution in [2.75, 3.05) is 25.1 Å². The third-order valence-corrected chi connectivity index (χ3v) is 3.54. The van der Waals surface area contributed by atoms with Crippen molar-refractivity contribution in [1.29, 1.82) is 5.41 Å². The summed E-state index contributed by atoms with van der Waals surface area (Å²) in [4.78, 5) is 13.6. The van der Waals surface area contributed by atoms with Crippen LogP contribution >= 0.6 is 11.8 Å². The number of likely N-dealkylation sites (tertiary alicyclic amines) is 1. The molecule has 104 valence electrons. The lowest BCUT2D eigenvalue weighted by molar-refractivity contribution is 0.0201. The van der Waals surface area contributed by atoms with E-state index in [4.69, 9.17) is 10.1 Å². The van der Waals surface area contributed by atoms with E-state index in [0.29, 0.717) is 19.0 Å². The van der Waals surface area contributed by atoms with Crippen LogP contribution in [-0.2, 0) is 4.74 Å². The Morgan fingerprint density at radius 3 is 2.39 bits per heavy atom. The molecule has 1 fully saturated rings. The van der Waals surface area contributed by atoms with Gasteiger partial charge in [-0.2, -0.15) is 11.8 Å². The molecule has 1 N–H and O–H groups in total. The molecule has 0 atom stereocenters. The summed E-state index contributed by atoms with van der Waals surface area (Å²) >= 11 is 1.69. The van der Waals surface area contributed by atoms with E-state index in [2.05, 4.69) is 0 Å². The standard InChI is InChI=1S/C13H24N2O2S/c1-13(2,3)17-12(16)15-7-5-10(6-8-15)11(14)9-18-4/h10,14H,5-9H2,1-4H3. The summed E-state index contributed by atoms with van der Waals surface area (Å²) < 4.78 is 5.35. The summed E-state index contributed by atoms with van der Waals surface area (Å²) in [6.07, 6.45) is 3.57. The molecule has 1 saturated heterocycles. The smallest absolute Gasteiger partial charge is 0.410 e. The Morgan fingerprint density at radius 2 is 1.94 bits per heavy atom. The van der Waals surface area contributed by atoms with E-state index in [1.807, 2.05) is 27.0 Å². The highest BCUT2D eigenvalue weighted by molar-refractivity contribution is 7.99. The first-order valence-corrected chi connectivity index (χ1v) is 7.77. The zero-order valence-electron chi connectivity index (χ0n) is 11.8. The van der Waals surface area contributed by atoms with Gasteiger partial charge in [0, 0.05) is 30.5 Å². The van der Waals surface area contributed by atoms with Crippen molar-refractivity contribution in [1.82, 2.24) is 4.90 Å². The van der Waals surface area contributed by atoms with Crippen molar-refractivity contribution in [2.45, 2.75) is 39.2 Å². The number of rotatable bonds is 3. The molecule has 0 aromatic rings. The lowest BCUT2D eigenvalue weighted by Gasteiger charge is -2.33. The fourth-order valence-corrected chi connectivity index (χ4v) is 2.56. The fourth-order valence-electron chi connectivity index (χ4n) is 2.01. The van der Waals surface area contributed by atoms with Crippen molar-refractivity contribution < 1.29 is 9.53 Å². The molecule has 0 radical (unpaired) electrons. The number of carbonyl (C=O) groups is 1. The monoisotopic (exact) mass is 272 g/mol. The lowest BCUT2D eigenvalue weighted by atomic mass is 9.93. The molecule has 0 aromatic heterocycles. The van der Waals surface area contributed by atoms with Gasteiger partial charge in [0.25, 0.3) is 0 Å². The van der Waals surface area contributed by atoms with Crippen molar-refractivity contribution in [3.63, 3.8) is 0 Å². The molecule has 0 aromatic carbocycles. The highest BCUT2D eigenvalue weighted by Crippen LogP contribution is 2.21. The van der Waals surface area contributed by atoms with E-state index in [1.54, 1.807) is 16.7 Å². The predicted molar refractivity (Wildman–Crippen MR) is 76.6 cm³/mol. The Kier molecular flexibility index (Phi) is 5.50. The summed E-state index contributed by atoms with van der Waals surface area (Å²) in [6, 6.07) is 0. The first-order valence-electron chi connectivity index (χ1n) is 6.37. The normalized spacial score (nSPS) is 17.7. The van der Waals surface area contributed by atoms with Gasteiger partial charge in [-0.05, 0) is 39.9 Å². The van der Waals surface area contributed by atoms with Crippen LogP contribution in [0.2, 0.25) is 0 Å². The van der Waals surface area contributed by atoms with E-state index in [1.165, 1.54) is 0 Å². The van der Waals surface area contributed by atoms with Gasteiger partial charge in [0.1, 0.15) is 5.60 Å². The number of carbonyl (C=O) groups excluding carboxylic acids is 1. The van der Waals surface area contributed by atoms with Crippen LogP contribution in [0.15, 0.2) is 0 Å². The molecule has 4 nitrogen and oxygen atoms in total. The number of hydrogen-bond acceptors (Lipinski definition) is 4. The minimum atomic E-state index is -0.431. The number of nitrogens with zero attached hydrogens (tertiary/aromatic N) is 1. The van der Waals surface area contributed by atoms with Crippen LogP contribution in [0, 0.1) is 11.3 Å². The second kappa shape index (κ2) is 6.45. The van der Waals surface area contributed by atoms with Crippen molar-refractivity contribution >= 4 is 23.6 Å². The molecule has 1 heterocycles. The average Bonchev–Trinajstić information content (AvgIpc) is 2.27. The molecular weight excluding hydrogens is 248 g/mol. The molecule has 0 aliphatic carbocycles. The third kappa shape index (κ3) is 4.88. The van der Waals surface area contributed by atoms with Crippen molar-refractivity contribution in [2.24, 2.45) is 5.92 Å². The van der Waals surface area contributed by atoms with Crippen LogP contribution in [0.4, 0.5) is 4.79 Å². The highest BCUT2D eigenvalue weighted by atomic mass is 32.2. The summed E-state index contributed by atoms with van der Waals surface area (Å²) in [5.74, 6) is 1.15. The van der Waals surface area contributed by atoms with Crippen molar-refractivity contribution in [3.8, 4) is 0 Å². The van der Waals surface area contributed by atoms with Gasteiger partial charge >= 0.3 is 6.09 Å². The Balaban J connectivity index is 2.39. The topological polar surface area (TPSA) is 53.4 Å². The van der Waals surface area contributed by atoms with Gasteiger partial charge in [-0.15, -0.1) is 0 Å². The van der Waals surface area contributed by atoms with E-state index < -0.39 is 5.60 Å². The van der Waals surface area contributed by atoms with Crippen LogP contribution in [0.25, 0.3) is 0 Å². The summed E-state index contributed by atoms with van der Waals surface area (Å²) in [5.41, 5.74) is 0.380. The maximum atomic E-state index is 11.9. The molecule has 0 spiro atoms. The molecule has 5 heteroatoms. The molecule has 0 unspecified atom stereocenters. The van der Waals surface area contributed by atoms with Gasteiger partial charge in [-0.3, -0.25) is 0 Å². The average molecular weight is 272 g/mol. The van der Waals surface area contributed by atoms with Crippen LogP contribution in [0.5, 0.6) is 0 Å². The molecule has 1 aliphatic rings. The number of amides is 1. The van der Waals surface area contributed by atoms with Gasteiger partial charge < -0.3 is 15.0 Å². The second-order valence-corrected chi connectivity index (χ2v) is 6.57. The molecule has 18 heavy (non-hydrogen) atoms. The molecule has 1 rings (SSSR count). The van der Waals surface area contributed by atoms with Gasteiger partial charge in [0.15, 0.2) is 0 Å². The maximum Gasteiger partial charge on any atom is 0.410 e. The van der Waals surface area contributed by atoms with Crippen LogP contribution in [-0.4, -0.2) is 47.4 Å². The quantitative estimate of drug-likeness (QED) is 0.803. The van der Waals surface area contributed by atoms with Gasteiger partial charge in [0.2, 0.25) is 0 Å². The molecule has 0 bridgehead atoms. The maximum absolute atomic E-state index is 11.9. The van der Waals surface area contributed by atoms with Crippen LogP contribution in [0.1, 0.15) is 33.6 Å². The number of ether oxygens (including phenoxy) is 1. The summed E-state index contributed by atoms with van der Waals surface area (Å²) in [7, 11) is 0.